The minimum absolute atomic E-state index is 0.126. The summed E-state index contributed by atoms with van der Waals surface area (Å²) < 4.78 is 14.1. The lowest BCUT2D eigenvalue weighted by atomic mass is 9.80. The maximum Gasteiger partial charge on any atom is 0.252 e. The van der Waals surface area contributed by atoms with Gasteiger partial charge in [0.1, 0.15) is 11.4 Å². The molecular formula is C17H22FIN2O2. The summed E-state index contributed by atoms with van der Waals surface area (Å²) in [5, 5.41) is 5.78. The molecule has 0 saturated heterocycles. The molecule has 1 fully saturated rings. The number of carbonyl (C=O) groups excluding carboxylic acids is 2. The Labute approximate surface area is 149 Å². The van der Waals surface area contributed by atoms with Gasteiger partial charge in [-0.15, -0.1) is 0 Å². The van der Waals surface area contributed by atoms with Crippen molar-refractivity contribution in [3.63, 3.8) is 0 Å². The highest BCUT2D eigenvalue weighted by molar-refractivity contribution is 14.1. The quantitative estimate of drug-likeness (QED) is 0.701. The van der Waals surface area contributed by atoms with Crippen molar-refractivity contribution in [3.8, 4) is 0 Å². The first kappa shape index (κ1) is 18.2. The van der Waals surface area contributed by atoms with Crippen LogP contribution in [-0.4, -0.2) is 23.9 Å². The average Bonchev–Trinajstić information content (AvgIpc) is 2.55. The van der Waals surface area contributed by atoms with Crippen molar-refractivity contribution in [1.82, 2.24) is 10.6 Å². The van der Waals surface area contributed by atoms with Crippen LogP contribution in [0.2, 0.25) is 0 Å². The normalized spacial score (nSPS) is 16.7. The number of nitrogens with one attached hydrogen (secondary N) is 2. The molecule has 126 valence electrons. The highest BCUT2D eigenvalue weighted by atomic mass is 127. The van der Waals surface area contributed by atoms with Crippen molar-refractivity contribution in [3.05, 3.63) is 33.1 Å². The molecule has 0 spiro atoms. The third-order valence-electron chi connectivity index (χ3n) is 4.21. The number of hydrogen-bond donors (Lipinski definition) is 2. The Balaban J connectivity index is 2.17. The van der Waals surface area contributed by atoms with Crippen LogP contribution in [0.3, 0.4) is 0 Å². The topological polar surface area (TPSA) is 58.2 Å². The number of hydrogen-bond acceptors (Lipinski definition) is 2. The molecule has 1 aromatic rings. The summed E-state index contributed by atoms with van der Waals surface area (Å²) in [6.45, 7) is 2.58. The summed E-state index contributed by atoms with van der Waals surface area (Å²) in [7, 11) is 0. The van der Waals surface area contributed by atoms with Gasteiger partial charge in [0.05, 0.1) is 0 Å². The largest absolute Gasteiger partial charge is 0.354 e. The number of halogens is 2. The first-order valence-corrected chi connectivity index (χ1v) is 9.12. The molecule has 0 heterocycles. The lowest BCUT2D eigenvalue weighted by Crippen LogP contribution is -2.59. The fourth-order valence-corrected chi connectivity index (χ4v) is 3.23. The molecule has 2 N–H and O–H groups in total. The molecule has 0 aromatic heterocycles. The van der Waals surface area contributed by atoms with E-state index in [9.17, 15) is 14.0 Å². The Kier molecular flexibility index (Phi) is 6.38. The van der Waals surface area contributed by atoms with Crippen LogP contribution in [0.5, 0.6) is 0 Å². The SMILES string of the molecule is CCCNC(=O)C1(NC(=O)c2ccc(I)c(F)c2)CCCCC1. The van der Waals surface area contributed by atoms with Gasteiger partial charge in [-0.1, -0.05) is 26.2 Å². The van der Waals surface area contributed by atoms with E-state index in [0.29, 0.717) is 23.0 Å². The summed E-state index contributed by atoms with van der Waals surface area (Å²) >= 11 is 1.88. The Morgan fingerprint density at radius 1 is 1.26 bits per heavy atom. The zero-order valence-corrected chi connectivity index (χ0v) is 15.4. The molecule has 4 nitrogen and oxygen atoms in total. The molecule has 1 aliphatic rings. The number of amides is 2. The number of rotatable bonds is 5. The summed E-state index contributed by atoms with van der Waals surface area (Å²) in [5.74, 6) is -0.946. The molecule has 23 heavy (non-hydrogen) atoms. The Morgan fingerprint density at radius 2 is 1.96 bits per heavy atom. The molecule has 1 aliphatic carbocycles. The second-order valence-electron chi connectivity index (χ2n) is 5.98. The minimum Gasteiger partial charge on any atom is -0.354 e. The van der Waals surface area contributed by atoms with Gasteiger partial charge in [-0.25, -0.2) is 4.39 Å². The Morgan fingerprint density at radius 3 is 2.57 bits per heavy atom. The van der Waals surface area contributed by atoms with Crippen molar-refractivity contribution in [1.29, 1.82) is 0 Å². The van der Waals surface area contributed by atoms with Crippen LogP contribution in [0.1, 0.15) is 55.8 Å². The van der Waals surface area contributed by atoms with Gasteiger partial charge in [0.2, 0.25) is 5.91 Å². The van der Waals surface area contributed by atoms with E-state index in [2.05, 4.69) is 10.6 Å². The van der Waals surface area contributed by atoms with Gasteiger partial charge >= 0.3 is 0 Å². The van der Waals surface area contributed by atoms with Gasteiger partial charge in [-0.3, -0.25) is 9.59 Å². The van der Waals surface area contributed by atoms with Gasteiger partial charge in [0, 0.05) is 15.7 Å². The molecular weight excluding hydrogens is 410 g/mol. The molecule has 2 amide bonds. The van der Waals surface area contributed by atoms with E-state index in [1.807, 2.05) is 29.5 Å². The van der Waals surface area contributed by atoms with E-state index < -0.39 is 17.3 Å². The van der Waals surface area contributed by atoms with Crippen LogP contribution in [0.4, 0.5) is 4.39 Å². The number of benzene rings is 1. The fourth-order valence-electron chi connectivity index (χ4n) is 2.90. The average molecular weight is 432 g/mol. The van der Waals surface area contributed by atoms with Crippen LogP contribution in [0, 0.1) is 9.39 Å². The van der Waals surface area contributed by atoms with Crippen LogP contribution in [0.15, 0.2) is 18.2 Å². The first-order chi connectivity index (χ1) is 11.0. The molecule has 2 rings (SSSR count). The monoisotopic (exact) mass is 432 g/mol. The van der Waals surface area contributed by atoms with Gasteiger partial charge < -0.3 is 10.6 Å². The van der Waals surface area contributed by atoms with E-state index >= 15 is 0 Å². The van der Waals surface area contributed by atoms with E-state index in [-0.39, 0.29) is 11.5 Å². The predicted octanol–water partition coefficient (Wildman–Crippen LogP) is 3.39. The first-order valence-electron chi connectivity index (χ1n) is 8.04. The van der Waals surface area contributed by atoms with Crippen molar-refractivity contribution in [2.75, 3.05) is 6.54 Å². The Hall–Kier alpha value is -1.18. The smallest absolute Gasteiger partial charge is 0.252 e. The lowest BCUT2D eigenvalue weighted by Gasteiger charge is -2.36. The van der Waals surface area contributed by atoms with Crippen molar-refractivity contribution < 1.29 is 14.0 Å². The summed E-state index contributed by atoms with van der Waals surface area (Å²) in [6.07, 6.45) is 4.97. The van der Waals surface area contributed by atoms with Gasteiger partial charge in [0.25, 0.3) is 5.91 Å². The van der Waals surface area contributed by atoms with Crippen LogP contribution in [-0.2, 0) is 4.79 Å². The summed E-state index contributed by atoms with van der Waals surface area (Å²) in [6, 6.07) is 4.37. The van der Waals surface area contributed by atoms with Gasteiger partial charge in [0.15, 0.2) is 0 Å². The van der Waals surface area contributed by atoms with E-state index in [1.165, 1.54) is 6.07 Å². The highest BCUT2D eigenvalue weighted by Gasteiger charge is 2.40. The van der Waals surface area contributed by atoms with Crippen LogP contribution < -0.4 is 10.6 Å². The predicted molar refractivity (Wildman–Crippen MR) is 95.7 cm³/mol. The second-order valence-corrected chi connectivity index (χ2v) is 7.14. The zero-order valence-electron chi connectivity index (χ0n) is 13.3. The number of carbonyl (C=O) groups is 2. The minimum atomic E-state index is -0.871. The van der Waals surface area contributed by atoms with Crippen molar-refractivity contribution >= 4 is 34.4 Å². The third kappa shape index (κ3) is 4.43. The van der Waals surface area contributed by atoms with Gasteiger partial charge in [-0.2, -0.15) is 0 Å². The molecule has 1 aromatic carbocycles. The molecule has 0 radical (unpaired) electrons. The maximum absolute atomic E-state index is 13.7. The zero-order chi connectivity index (χ0) is 16.9. The van der Waals surface area contributed by atoms with E-state index in [4.69, 9.17) is 0 Å². The molecule has 0 aliphatic heterocycles. The van der Waals surface area contributed by atoms with Crippen molar-refractivity contribution in [2.24, 2.45) is 0 Å². The van der Waals surface area contributed by atoms with Crippen molar-refractivity contribution in [2.45, 2.75) is 51.0 Å². The maximum atomic E-state index is 13.7. The molecule has 0 bridgehead atoms. The highest BCUT2D eigenvalue weighted by Crippen LogP contribution is 2.29. The lowest BCUT2D eigenvalue weighted by molar-refractivity contribution is -0.128. The molecule has 6 heteroatoms. The van der Waals surface area contributed by atoms with Crippen LogP contribution >= 0.6 is 22.6 Å². The summed E-state index contributed by atoms with van der Waals surface area (Å²) in [5.41, 5.74) is -0.625. The molecule has 0 unspecified atom stereocenters. The van der Waals surface area contributed by atoms with E-state index in [1.54, 1.807) is 12.1 Å². The second kappa shape index (κ2) is 8.08. The Bertz CT molecular complexity index is 586. The molecule has 1 saturated carbocycles. The molecule has 0 atom stereocenters. The standard InChI is InChI=1S/C17H22FIN2O2/c1-2-10-20-16(23)17(8-4-3-5-9-17)21-15(22)12-6-7-14(19)13(18)11-12/h6-7,11H,2-5,8-10H2,1H3,(H,20,23)(H,21,22). The fraction of sp³-hybridized carbons (Fsp3) is 0.529. The van der Waals surface area contributed by atoms with Crippen LogP contribution in [0.25, 0.3) is 0 Å². The third-order valence-corrected chi connectivity index (χ3v) is 5.09. The van der Waals surface area contributed by atoms with E-state index in [0.717, 1.165) is 25.7 Å². The summed E-state index contributed by atoms with van der Waals surface area (Å²) in [4.78, 5) is 25.1. The van der Waals surface area contributed by atoms with Gasteiger partial charge in [-0.05, 0) is 60.1 Å².